The number of allylic oxidation sites excluding steroid dienone is 2. The van der Waals surface area contributed by atoms with Gasteiger partial charge in [-0.25, -0.2) is 0 Å². The Kier molecular flexibility index (Phi) is 3.66. The van der Waals surface area contributed by atoms with Gasteiger partial charge in [0, 0.05) is 9.13 Å². The molecule has 0 saturated heterocycles. The van der Waals surface area contributed by atoms with Crippen molar-refractivity contribution in [2.75, 3.05) is 0 Å². The first-order valence-corrected chi connectivity index (χ1v) is 5.12. The van der Waals surface area contributed by atoms with Gasteiger partial charge in [0.1, 0.15) is 0 Å². The Morgan fingerprint density at radius 1 is 1.38 bits per heavy atom. The van der Waals surface area contributed by atoms with Crippen molar-refractivity contribution >= 4 is 28.4 Å². The highest BCUT2D eigenvalue weighted by molar-refractivity contribution is 14.1. The van der Waals surface area contributed by atoms with E-state index in [-0.39, 0.29) is 5.78 Å². The molecule has 0 atom stereocenters. The third kappa shape index (κ3) is 3.30. The van der Waals surface area contributed by atoms with Gasteiger partial charge in [-0.3, -0.25) is 4.79 Å². The molecule has 0 bridgehead atoms. The van der Waals surface area contributed by atoms with Crippen molar-refractivity contribution in [3.05, 3.63) is 45.0 Å². The lowest BCUT2D eigenvalue weighted by atomic mass is 10.1. The Balaban J connectivity index is 2.96. The number of rotatable bonds is 2. The van der Waals surface area contributed by atoms with Crippen molar-refractivity contribution in [2.24, 2.45) is 0 Å². The van der Waals surface area contributed by atoms with E-state index in [1.54, 1.807) is 6.08 Å². The fraction of sp³-hybridized carbons (Fsp3) is 0.182. The van der Waals surface area contributed by atoms with Crippen LogP contribution < -0.4 is 0 Å². The SMILES string of the molecule is CC(C)=CC(=O)c1cccc(I)c1. The molecule has 0 amide bonds. The minimum absolute atomic E-state index is 0.0820. The smallest absolute Gasteiger partial charge is 0.185 e. The summed E-state index contributed by atoms with van der Waals surface area (Å²) in [4.78, 5) is 11.5. The normalized spacial score (nSPS) is 9.46. The molecule has 1 nitrogen and oxygen atoms in total. The minimum Gasteiger partial charge on any atom is -0.289 e. The number of carbonyl (C=O) groups excluding carboxylic acids is 1. The number of benzene rings is 1. The first kappa shape index (κ1) is 10.4. The minimum atomic E-state index is 0.0820. The van der Waals surface area contributed by atoms with Crippen molar-refractivity contribution in [2.45, 2.75) is 13.8 Å². The second kappa shape index (κ2) is 4.56. The molecule has 68 valence electrons. The molecule has 0 aliphatic carbocycles. The fourth-order valence-electron chi connectivity index (χ4n) is 0.987. The van der Waals surface area contributed by atoms with E-state index in [0.717, 1.165) is 14.7 Å². The summed E-state index contributed by atoms with van der Waals surface area (Å²) in [6, 6.07) is 7.60. The summed E-state index contributed by atoms with van der Waals surface area (Å²) in [7, 11) is 0. The second-order valence-electron chi connectivity index (χ2n) is 3.10. The van der Waals surface area contributed by atoms with Crippen molar-refractivity contribution in [3.63, 3.8) is 0 Å². The molecule has 0 heterocycles. The summed E-state index contributed by atoms with van der Waals surface area (Å²) in [5.74, 6) is 0.0820. The van der Waals surface area contributed by atoms with Crippen LogP contribution in [0.5, 0.6) is 0 Å². The number of carbonyl (C=O) groups is 1. The lowest BCUT2D eigenvalue weighted by Crippen LogP contribution is -1.94. The quantitative estimate of drug-likeness (QED) is 0.462. The maximum Gasteiger partial charge on any atom is 0.185 e. The van der Waals surface area contributed by atoms with Crippen LogP contribution in [-0.2, 0) is 0 Å². The standard InChI is InChI=1S/C11H11IO/c1-8(2)6-11(13)9-4-3-5-10(12)7-9/h3-7H,1-2H3. The van der Waals surface area contributed by atoms with Crippen molar-refractivity contribution < 1.29 is 4.79 Å². The number of halogens is 1. The molecule has 1 rings (SSSR count). The summed E-state index contributed by atoms with van der Waals surface area (Å²) in [5, 5.41) is 0. The molecule has 2 heteroatoms. The van der Waals surface area contributed by atoms with Gasteiger partial charge in [0.2, 0.25) is 0 Å². The monoisotopic (exact) mass is 286 g/mol. The van der Waals surface area contributed by atoms with E-state index in [1.807, 2.05) is 38.1 Å². The van der Waals surface area contributed by atoms with Crippen LogP contribution in [0, 0.1) is 3.57 Å². The first-order valence-electron chi connectivity index (χ1n) is 4.04. The average Bonchev–Trinajstić information content (AvgIpc) is 2.03. The van der Waals surface area contributed by atoms with Crippen LogP contribution in [-0.4, -0.2) is 5.78 Å². The third-order valence-corrected chi connectivity index (χ3v) is 2.20. The summed E-state index contributed by atoms with van der Waals surface area (Å²) in [5.41, 5.74) is 1.79. The summed E-state index contributed by atoms with van der Waals surface area (Å²) in [6.07, 6.45) is 1.66. The molecule has 0 spiro atoms. The topological polar surface area (TPSA) is 17.1 Å². The van der Waals surface area contributed by atoms with Gasteiger partial charge >= 0.3 is 0 Å². The van der Waals surface area contributed by atoms with Crippen LogP contribution in [0.2, 0.25) is 0 Å². The fourth-order valence-corrected chi connectivity index (χ4v) is 1.53. The molecule has 13 heavy (non-hydrogen) atoms. The van der Waals surface area contributed by atoms with Crippen molar-refractivity contribution in [1.82, 2.24) is 0 Å². The zero-order valence-corrected chi connectivity index (χ0v) is 9.83. The van der Waals surface area contributed by atoms with E-state index < -0.39 is 0 Å². The zero-order valence-electron chi connectivity index (χ0n) is 7.67. The lowest BCUT2D eigenvalue weighted by molar-refractivity contribution is 0.104. The Bertz CT molecular complexity index is 349. The molecule has 0 saturated carbocycles. The van der Waals surface area contributed by atoms with Gasteiger partial charge in [-0.15, -0.1) is 0 Å². The molecule has 0 unspecified atom stereocenters. The van der Waals surface area contributed by atoms with Crippen LogP contribution in [0.1, 0.15) is 24.2 Å². The van der Waals surface area contributed by atoms with Gasteiger partial charge in [0.15, 0.2) is 5.78 Å². The van der Waals surface area contributed by atoms with Crippen molar-refractivity contribution in [3.8, 4) is 0 Å². The van der Waals surface area contributed by atoms with E-state index in [0.29, 0.717) is 0 Å². The highest BCUT2D eigenvalue weighted by Gasteiger charge is 2.01. The van der Waals surface area contributed by atoms with E-state index in [9.17, 15) is 4.79 Å². The third-order valence-electron chi connectivity index (χ3n) is 1.53. The molecular weight excluding hydrogens is 275 g/mol. The molecule has 0 aliphatic heterocycles. The predicted molar refractivity (Wildman–Crippen MR) is 62.9 cm³/mol. The van der Waals surface area contributed by atoms with Crippen LogP contribution in [0.4, 0.5) is 0 Å². The molecule has 0 radical (unpaired) electrons. The number of ketones is 1. The van der Waals surface area contributed by atoms with Gasteiger partial charge in [-0.05, 0) is 54.6 Å². The van der Waals surface area contributed by atoms with E-state index >= 15 is 0 Å². The van der Waals surface area contributed by atoms with Crippen LogP contribution in [0.3, 0.4) is 0 Å². The maximum atomic E-state index is 11.5. The summed E-state index contributed by atoms with van der Waals surface area (Å²) >= 11 is 2.20. The summed E-state index contributed by atoms with van der Waals surface area (Å²) < 4.78 is 1.09. The highest BCUT2D eigenvalue weighted by atomic mass is 127. The van der Waals surface area contributed by atoms with Gasteiger partial charge in [0.05, 0.1) is 0 Å². The van der Waals surface area contributed by atoms with Gasteiger partial charge in [-0.2, -0.15) is 0 Å². The molecule has 1 aromatic rings. The molecule has 0 aliphatic rings. The highest BCUT2D eigenvalue weighted by Crippen LogP contribution is 2.09. The number of hydrogen-bond donors (Lipinski definition) is 0. The summed E-state index contributed by atoms with van der Waals surface area (Å²) in [6.45, 7) is 3.84. The van der Waals surface area contributed by atoms with Gasteiger partial charge in [0.25, 0.3) is 0 Å². The lowest BCUT2D eigenvalue weighted by Gasteiger charge is -1.96. The molecule has 0 N–H and O–H groups in total. The maximum absolute atomic E-state index is 11.5. The molecule has 0 fully saturated rings. The first-order chi connectivity index (χ1) is 6.09. The Hall–Kier alpha value is -0.640. The van der Waals surface area contributed by atoms with E-state index in [1.165, 1.54) is 0 Å². The van der Waals surface area contributed by atoms with E-state index in [4.69, 9.17) is 0 Å². The Morgan fingerprint density at radius 3 is 2.62 bits per heavy atom. The Labute approximate surface area is 92.0 Å². The van der Waals surface area contributed by atoms with Crippen LogP contribution in [0.25, 0.3) is 0 Å². The van der Waals surface area contributed by atoms with Crippen molar-refractivity contribution in [1.29, 1.82) is 0 Å². The Morgan fingerprint density at radius 2 is 2.08 bits per heavy atom. The zero-order chi connectivity index (χ0) is 9.84. The largest absolute Gasteiger partial charge is 0.289 e. The van der Waals surface area contributed by atoms with Gasteiger partial charge in [-0.1, -0.05) is 17.7 Å². The van der Waals surface area contributed by atoms with E-state index in [2.05, 4.69) is 22.6 Å². The number of hydrogen-bond acceptors (Lipinski definition) is 1. The predicted octanol–water partition coefficient (Wildman–Crippen LogP) is 3.44. The molecule has 1 aromatic carbocycles. The van der Waals surface area contributed by atoms with Crippen LogP contribution >= 0.6 is 22.6 Å². The molecule has 0 aromatic heterocycles. The van der Waals surface area contributed by atoms with Gasteiger partial charge < -0.3 is 0 Å². The molecular formula is C11H11IO. The average molecular weight is 286 g/mol. The van der Waals surface area contributed by atoms with Crippen LogP contribution in [0.15, 0.2) is 35.9 Å². The second-order valence-corrected chi connectivity index (χ2v) is 4.34.